The Kier molecular flexibility index (Phi) is 6.38. The van der Waals surface area contributed by atoms with Gasteiger partial charge in [-0.3, -0.25) is 18.4 Å². The van der Waals surface area contributed by atoms with Crippen molar-refractivity contribution in [1.29, 1.82) is 0 Å². The minimum Gasteiger partial charge on any atom is -0.295 e. The van der Waals surface area contributed by atoms with Crippen molar-refractivity contribution in [3.63, 3.8) is 0 Å². The van der Waals surface area contributed by atoms with Crippen LogP contribution < -0.4 is 0 Å². The van der Waals surface area contributed by atoms with E-state index in [9.17, 15) is 18.1 Å². The van der Waals surface area contributed by atoms with Crippen LogP contribution in [0.25, 0.3) is 0 Å². The van der Waals surface area contributed by atoms with Crippen molar-refractivity contribution in [1.82, 2.24) is 0 Å². The molecule has 0 fully saturated rings. The zero-order valence-electron chi connectivity index (χ0n) is 12.8. The molecule has 0 aliphatic heterocycles. The summed E-state index contributed by atoms with van der Waals surface area (Å²) >= 11 is 0. The molecule has 1 unspecified atom stereocenters. The first-order valence-electron chi connectivity index (χ1n) is 6.53. The summed E-state index contributed by atoms with van der Waals surface area (Å²) in [5, 5.41) is 0. The SMILES string of the molecule is COP(=O)(OC)OC(C(=O)C(C)C)(c1ccccc1)C(F)F. The average Bonchev–Trinajstić information content (AvgIpc) is 2.52. The number of carbonyl (C=O) groups is 1. The van der Waals surface area contributed by atoms with Crippen LogP contribution in [0.4, 0.5) is 8.78 Å². The molecular formula is C14H19F2O5P. The van der Waals surface area contributed by atoms with Crippen LogP contribution in [0.2, 0.25) is 0 Å². The monoisotopic (exact) mass is 336 g/mol. The maximum atomic E-state index is 13.9. The standard InChI is InChI=1S/C14H19F2O5P/c1-10(2)12(17)14(13(15)16,11-8-6-5-7-9-11)21-22(18,19-3)20-4/h5-10,13H,1-4H3. The lowest BCUT2D eigenvalue weighted by Gasteiger charge is -2.34. The molecule has 0 radical (unpaired) electrons. The highest BCUT2D eigenvalue weighted by atomic mass is 31.2. The Labute approximate surface area is 128 Å². The first-order chi connectivity index (χ1) is 10.2. The number of halogens is 2. The summed E-state index contributed by atoms with van der Waals surface area (Å²) in [6.07, 6.45) is -3.26. The van der Waals surface area contributed by atoms with Crippen LogP contribution in [-0.2, 0) is 28.5 Å². The Morgan fingerprint density at radius 1 is 1.14 bits per heavy atom. The first-order valence-corrected chi connectivity index (χ1v) is 7.99. The molecule has 0 saturated heterocycles. The predicted molar refractivity (Wildman–Crippen MR) is 76.7 cm³/mol. The molecule has 0 spiro atoms. The second kappa shape index (κ2) is 7.42. The molecule has 0 amide bonds. The normalized spacial score (nSPS) is 15.1. The fourth-order valence-electron chi connectivity index (χ4n) is 1.95. The number of benzene rings is 1. The molecule has 8 heteroatoms. The Morgan fingerprint density at radius 3 is 2.00 bits per heavy atom. The zero-order chi connectivity index (χ0) is 17.0. The van der Waals surface area contributed by atoms with Gasteiger partial charge in [0, 0.05) is 20.1 Å². The van der Waals surface area contributed by atoms with E-state index in [0.717, 1.165) is 14.2 Å². The third-order valence-corrected chi connectivity index (χ3v) is 4.51. The lowest BCUT2D eigenvalue weighted by Crippen LogP contribution is -2.47. The summed E-state index contributed by atoms with van der Waals surface area (Å²) in [6, 6.07) is 7.18. The van der Waals surface area contributed by atoms with Crippen molar-refractivity contribution in [2.24, 2.45) is 5.92 Å². The molecule has 0 bridgehead atoms. The molecule has 0 aromatic heterocycles. The number of alkyl halides is 2. The number of phosphoric acid groups is 1. The van der Waals surface area contributed by atoms with Gasteiger partial charge in [-0.25, -0.2) is 13.3 Å². The summed E-state index contributed by atoms with van der Waals surface area (Å²) in [4.78, 5) is 12.5. The molecule has 0 N–H and O–H groups in total. The summed E-state index contributed by atoms with van der Waals surface area (Å²) in [6.45, 7) is 2.91. The van der Waals surface area contributed by atoms with Gasteiger partial charge in [0.2, 0.25) is 5.60 Å². The largest absolute Gasteiger partial charge is 0.475 e. The number of hydrogen-bond acceptors (Lipinski definition) is 5. The van der Waals surface area contributed by atoms with Gasteiger partial charge < -0.3 is 0 Å². The van der Waals surface area contributed by atoms with Gasteiger partial charge in [0.25, 0.3) is 6.43 Å². The van der Waals surface area contributed by atoms with Crippen LogP contribution in [0.15, 0.2) is 30.3 Å². The summed E-state index contributed by atoms with van der Waals surface area (Å²) in [5.74, 6) is -1.70. The van der Waals surface area contributed by atoms with Gasteiger partial charge >= 0.3 is 7.82 Å². The fraction of sp³-hybridized carbons (Fsp3) is 0.500. The highest BCUT2D eigenvalue weighted by Gasteiger charge is 2.55. The molecule has 0 aliphatic rings. The third kappa shape index (κ3) is 3.60. The van der Waals surface area contributed by atoms with E-state index in [2.05, 4.69) is 9.05 Å². The number of hydrogen-bond donors (Lipinski definition) is 0. The average molecular weight is 336 g/mol. The van der Waals surface area contributed by atoms with E-state index in [1.807, 2.05) is 0 Å². The molecule has 5 nitrogen and oxygen atoms in total. The first kappa shape index (κ1) is 18.9. The minimum atomic E-state index is -4.32. The van der Waals surface area contributed by atoms with Crippen LogP contribution in [0, 0.1) is 5.92 Å². The second-order valence-corrected chi connectivity index (χ2v) is 6.63. The lowest BCUT2D eigenvalue weighted by atomic mass is 9.84. The minimum absolute atomic E-state index is 0.113. The Balaban J connectivity index is 3.54. The number of carbonyl (C=O) groups excluding carboxylic acids is 1. The van der Waals surface area contributed by atoms with Gasteiger partial charge in [0.15, 0.2) is 5.78 Å². The highest BCUT2D eigenvalue weighted by molar-refractivity contribution is 7.48. The maximum Gasteiger partial charge on any atom is 0.475 e. The van der Waals surface area contributed by atoms with Crippen molar-refractivity contribution in [2.75, 3.05) is 14.2 Å². The van der Waals surface area contributed by atoms with Crippen LogP contribution >= 0.6 is 7.82 Å². The smallest absolute Gasteiger partial charge is 0.295 e. The molecule has 0 heterocycles. The van der Waals surface area contributed by atoms with Gasteiger partial charge in [-0.1, -0.05) is 44.2 Å². The summed E-state index contributed by atoms with van der Waals surface area (Å²) in [7, 11) is -2.33. The van der Waals surface area contributed by atoms with Gasteiger partial charge in [0.05, 0.1) is 0 Å². The van der Waals surface area contributed by atoms with E-state index < -0.39 is 31.6 Å². The van der Waals surface area contributed by atoms with Gasteiger partial charge in [-0.05, 0) is 5.56 Å². The van der Waals surface area contributed by atoms with Crippen LogP contribution in [0.5, 0.6) is 0 Å². The fourth-order valence-corrected chi connectivity index (χ4v) is 2.88. The van der Waals surface area contributed by atoms with Crippen molar-refractivity contribution in [3.8, 4) is 0 Å². The van der Waals surface area contributed by atoms with Crippen LogP contribution in [-0.4, -0.2) is 26.4 Å². The summed E-state index contributed by atoms with van der Waals surface area (Å²) < 4.78 is 54.1. The van der Waals surface area contributed by atoms with E-state index in [1.54, 1.807) is 6.07 Å². The van der Waals surface area contributed by atoms with Crippen molar-refractivity contribution in [3.05, 3.63) is 35.9 Å². The predicted octanol–water partition coefficient (Wildman–Crippen LogP) is 3.79. The molecule has 22 heavy (non-hydrogen) atoms. The topological polar surface area (TPSA) is 61.8 Å². The van der Waals surface area contributed by atoms with Crippen LogP contribution in [0.1, 0.15) is 19.4 Å². The Hall–Kier alpha value is -1.14. The molecule has 1 atom stereocenters. The Morgan fingerprint density at radius 2 is 1.64 bits per heavy atom. The van der Waals surface area contributed by atoms with Gasteiger partial charge in [0.1, 0.15) is 0 Å². The van der Waals surface area contributed by atoms with Crippen LogP contribution in [0.3, 0.4) is 0 Å². The third-order valence-electron chi connectivity index (χ3n) is 3.10. The van der Waals surface area contributed by atoms with E-state index in [1.165, 1.54) is 38.1 Å². The number of ketones is 1. The van der Waals surface area contributed by atoms with Gasteiger partial charge in [-0.2, -0.15) is 0 Å². The van der Waals surface area contributed by atoms with Crippen molar-refractivity contribution in [2.45, 2.75) is 25.9 Å². The molecule has 1 aromatic rings. The number of rotatable bonds is 8. The number of Topliss-reactive ketones (excluding diaryl/α,β-unsaturated/α-hetero) is 1. The van der Waals surface area contributed by atoms with E-state index in [0.29, 0.717) is 0 Å². The van der Waals surface area contributed by atoms with Crippen molar-refractivity contribution < 1.29 is 31.7 Å². The molecule has 1 aromatic carbocycles. The highest BCUT2D eigenvalue weighted by Crippen LogP contribution is 2.55. The molecule has 1 rings (SSSR count). The Bertz CT molecular complexity index is 541. The maximum absolute atomic E-state index is 13.9. The van der Waals surface area contributed by atoms with Gasteiger partial charge in [-0.15, -0.1) is 0 Å². The second-order valence-electron chi connectivity index (χ2n) is 4.82. The zero-order valence-corrected chi connectivity index (χ0v) is 13.7. The molecule has 124 valence electrons. The molecule has 0 aliphatic carbocycles. The lowest BCUT2D eigenvalue weighted by molar-refractivity contribution is -0.159. The quantitative estimate of drug-likeness (QED) is 0.676. The number of phosphoric ester groups is 1. The van der Waals surface area contributed by atoms with E-state index in [4.69, 9.17) is 4.52 Å². The molecular weight excluding hydrogens is 317 g/mol. The van der Waals surface area contributed by atoms with Crippen molar-refractivity contribution >= 4 is 13.6 Å². The summed E-state index contributed by atoms with van der Waals surface area (Å²) in [5.41, 5.74) is -2.84. The molecule has 0 saturated carbocycles. The van der Waals surface area contributed by atoms with E-state index >= 15 is 0 Å². The van der Waals surface area contributed by atoms with E-state index in [-0.39, 0.29) is 5.56 Å².